The van der Waals surface area contributed by atoms with Crippen molar-refractivity contribution in [1.29, 1.82) is 5.26 Å². The molecule has 1 N–H and O–H groups in total. The van der Waals surface area contributed by atoms with Gasteiger partial charge in [-0.25, -0.2) is 4.98 Å². The lowest BCUT2D eigenvalue weighted by atomic mass is 9.88. The summed E-state index contributed by atoms with van der Waals surface area (Å²) in [4.78, 5) is 37.7. The molecule has 5 rings (SSSR count). The molecule has 37 heavy (non-hydrogen) atoms. The lowest BCUT2D eigenvalue weighted by Crippen LogP contribution is -2.40. The van der Waals surface area contributed by atoms with Gasteiger partial charge in [0.15, 0.2) is 0 Å². The molecule has 0 atom stereocenters. The predicted octanol–water partition coefficient (Wildman–Crippen LogP) is 4.06. The first-order valence-electron chi connectivity index (χ1n) is 12.8. The summed E-state index contributed by atoms with van der Waals surface area (Å²) in [7, 11) is 0. The average molecular weight is 498 g/mol. The van der Waals surface area contributed by atoms with Crippen LogP contribution in [0.3, 0.4) is 0 Å². The second-order valence-corrected chi connectivity index (χ2v) is 9.83. The molecular formula is C29H31N5O3. The number of rotatable bonds is 4. The number of nitrogens with one attached hydrogen (secondary N) is 1. The molecule has 2 aliphatic rings. The van der Waals surface area contributed by atoms with Gasteiger partial charge in [-0.15, -0.1) is 0 Å². The van der Waals surface area contributed by atoms with Crippen molar-refractivity contribution in [2.24, 2.45) is 0 Å². The van der Waals surface area contributed by atoms with Crippen molar-refractivity contribution in [1.82, 2.24) is 19.8 Å². The van der Waals surface area contributed by atoms with Crippen LogP contribution in [0.4, 0.5) is 0 Å². The van der Waals surface area contributed by atoms with Gasteiger partial charge in [0.25, 0.3) is 11.8 Å². The third-order valence-corrected chi connectivity index (χ3v) is 7.45. The van der Waals surface area contributed by atoms with E-state index in [4.69, 9.17) is 10.00 Å². The van der Waals surface area contributed by atoms with E-state index in [1.807, 2.05) is 55.1 Å². The third kappa shape index (κ3) is 5.13. The van der Waals surface area contributed by atoms with E-state index in [-0.39, 0.29) is 11.8 Å². The summed E-state index contributed by atoms with van der Waals surface area (Å²) in [6, 6.07) is 13.8. The van der Waals surface area contributed by atoms with E-state index in [0.717, 1.165) is 29.5 Å². The van der Waals surface area contributed by atoms with Gasteiger partial charge < -0.3 is 19.5 Å². The number of nitriles is 1. The highest BCUT2D eigenvalue weighted by atomic mass is 16.5. The Hall–Kier alpha value is -3.96. The van der Waals surface area contributed by atoms with Crippen LogP contribution in [0.1, 0.15) is 61.9 Å². The van der Waals surface area contributed by atoms with Gasteiger partial charge in [0.2, 0.25) is 0 Å². The number of nitrogens with zero attached hydrogens (tertiary/aromatic N) is 4. The van der Waals surface area contributed by atoms with Gasteiger partial charge in [0.1, 0.15) is 11.5 Å². The summed E-state index contributed by atoms with van der Waals surface area (Å²) in [6.07, 6.45) is 3.35. The highest BCUT2D eigenvalue weighted by Gasteiger charge is 2.27. The molecule has 0 bridgehead atoms. The lowest BCUT2D eigenvalue weighted by molar-refractivity contribution is 0.0299. The van der Waals surface area contributed by atoms with Crippen LogP contribution < -0.4 is 0 Å². The Bertz CT molecular complexity index is 1340. The molecule has 0 spiro atoms. The maximum atomic E-state index is 13.5. The number of carbonyl (C=O) groups excluding carboxylic acids is 2. The molecular weight excluding hydrogens is 466 g/mol. The van der Waals surface area contributed by atoms with Crippen molar-refractivity contribution in [2.75, 3.05) is 39.4 Å². The van der Waals surface area contributed by atoms with Gasteiger partial charge in [0, 0.05) is 37.3 Å². The minimum atomic E-state index is -0.0896. The molecule has 0 radical (unpaired) electrons. The van der Waals surface area contributed by atoms with Gasteiger partial charge in [-0.05, 0) is 67.5 Å². The van der Waals surface area contributed by atoms with E-state index in [1.165, 1.54) is 5.56 Å². The number of benzene rings is 2. The number of aromatic nitrogens is 2. The topological polar surface area (TPSA) is 102 Å². The summed E-state index contributed by atoms with van der Waals surface area (Å²) in [6.45, 7) is 7.54. The van der Waals surface area contributed by atoms with E-state index in [1.54, 1.807) is 11.1 Å². The Morgan fingerprint density at radius 2 is 1.65 bits per heavy atom. The standard InChI is InChI=1S/C29H31N5O3/c1-19-15-20(2)25(16-24(19)27-31-18-26(32-27)29(36)34-11-13-37-14-12-34)28(35)33-9-7-23(8-10-33)22-5-3-21(17-30)4-6-22/h3-6,15-16,18,23H,7-14H2,1-2H3,(H,31,32). The molecule has 2 amide bonds. The van der Waals surface area contributed by atoms with Crippen LogP contribution in [0, 0.1) is 25.2 Å². The predicted molar refractivity (Wildman–Crippen MR) is 139 cm³/mol. The van der Waals surface area contributed by atoms with Gasteiger partial charge in [-0.2, -0.15) is 5.26 Å². The molecule has 2 aromatic carbocycles. The van der Waals surface area contributed by atoms with Crippen LogP contribution in [-0.2, 0) is 4.74 Å². The SMILES string of the molecule is Cc1cc(C)c(-c2ncc(C(=O)N3CCOCC3)[nH]2)cc1C(=O)N1CCC(c2ccc(C#N)cc2)CC1. The largest absolute Gasteiger partial charge is 0.378 e. The van der Waals surface area contributed by atoms with E-state index < -0.39 is 0 Å². The van der Waals surface area contributed by atoms with Crippen molar-refractivity contribution in [3.8, 4) is 17.5 Å². The number of aryl methyl sites for hydroxylation is 2. The second kappa shape index (κ2) is 10.6. The number of imidazole rings is 1. The molecule has 0 unspecified atom stereocenters. The zero-order chi connectivity index (χ0) is 25.9. The molecule has 3 heterocycles. The molecule has 190 valence electrons. The van der Waals surface area contributed by atoms with Crippen molar-refractivity contribution in [3.63, 3.8) is 0 Å². The summed E-state index contributed by atoms with van der Waals surface area (Å²) < 4.78 is 5.34. The maximum absolute atomic E-state index is 13.5. The highest BCUT2D eigenvalue weighted by Crippen LogP contribution is 2.31. The Kier molecular flexibility index (Phi) is 7.06. The van der Waals surface area contributed by atoms with Crippen molar-refractivity contribution in [2.45, 2.75) is 32.6 Å². The Balaban J connectivity index is 1.31. The van der Waals surface area contributed by atoms with Gasteiger partial charge in [-0.1, -0.05) is 18.2 Å². The van der Waals surface area contributed by atoms with Crippen molar-refractivity contribution >= 4 is 11.8 Å². The number of aromatic amines is 1. The van der Waals surface area contributed by atoms with E-state index in [2.05, 4.69) is 16.0 Å². The number of carbonyl (C=O) groups is 2. The molecule has 8 nitrogen and oxygen atoms in total. The van der Waals surface area contributed by atoms with E-state index >= 15 is 0 Å². The smallest absolute Gasteiger partial charge is 0.272 e. The zero-order valence-corrected chi connectivity index (χ0v) is 21.3. The highest BCUT2D eigenvalue weighted by molar-refractivity contribution is 5.97. The van der Waals surface area contributed by atoms with Gasteiger partial charge in [0.05, 0.1) is 31.0 Å². The van der Waals surface area contributed by atoms with Gasteiger partial charge >= 0.3 is 0 Å². The molecule has 0 aliphatic carbocycles. The molecule has 2 fully saturated rings. The molecule has 2 saturated heterocycles. The average Bonchev–Trinajstić information content (AvgIpc) is 3.43. The van der Waals surface area contributed by atoms with E-state index in [9.17, 15) is 9.59 Å². The minimum Gasteiger partial charge on any atom is -0.378 e. The van der Waals surface area contributed by atoms with Crippen LogP contribution in [-0.4, -0.2) is 71.0 Å². The number of piperidine rings is 1. The fraction of sp³-hybridized carbons (Fsp3) is 0.379. The first-order valence-corrected chi connectivity index (χ1v) is 12.8. The van der Waals surface area contributed by atoms with Crippen LogP contribution >= 0.6 is 0 Å². The number of ether oxygens (including phenoxy) is 1. The first kappa shape index (κ1) is 24.7. The van der Waals surface area contributed by atoms with Crippen molar-refractivity contribution in [3.05, 3.63) is 76.1 Å². The number of amides is 2. The van der Waals surface area contributed by atoms with Gasteiger partial charge in [-0.3, -0.25) is 9.59 Å². The Labute approximate surface area is 216 Å². The fourth-order valence-electron chi connectivity index (χ4n) is 5.26. The monoisotopic (exact) mass is 497 g/mol. The van der Waals surface area contributed by atoms with Crippen LogP contribution in [0.15, 0.2) is 42.6 Å². The van der Waals surface area contributed by atoms with E-state index in [0.29, 0.717) is 68.0 Å². The zero-order valence-electron chi connectivity index (χ0n) is 21.3. The Morgan fingerprint density at radius 3 is 2.32 bits per heavy atom. The summed E-state index contributed by atoms with van der Waals surface area (Å²) >= 11 is 0. The first-order chi connectivity index (χ1) is 17.9. The lowest BCUT2D eigenvalue weighted by Gasteiger charge is -2.32. The van der Waals surface area contributed by atoms with Crippen LogP contribution in [0.5, 0.6) is 0 Å². The maximum Gasteiger partial charge on any atom is 0.272 e. The van der Waals surface area contributed by atoms with Crippen LogP contribution in [0.2, 0.25) is 0 Å². The number of likely N-dealkylation sites (tertiary alicyclic amines) is 1. The minimum absolute atomic E-state index is 0.0215. The number of H-pyrrole nitrogens is 1. The Morgan fingerprint density at radius 1 is 0.973 bits per heavy atom. The number of morpholine rings is 1. The normalized spacial score (nSPS) is 16.5. The number of hydrogen-bond acceptors (Lipinski definition) is 5. The van der Waals surface area contributed by atoms with Crippen LogP contribution in [0.25, 0.3) is 11.4 Å². The quantitative estimate of drug-likeness (QED) is 0.586. The third-order valence-electron chi connectivity index (χ3n) is 7.45. The molecule has 1 aromatic heterocycles. The van der Waals surface area contributed by atoms with Crippen molar-refractivity contribution < 1.29 is 14.3 Å². The summed E-state index contributed by atoms with van der Waals surface area (Å²) in [5.74, 6) is 0.904. The summed E-state index contributed by atoms with van der Waals surface area (Å²) in [5, 5.41) is 9.03. The molecule has 3 aromatic rings. The summed E-state index contributed by atoms with van der Waals surface area (Å²) in [5.41, 5.74) is 5.73. The number of hydrogen-bond donors (Lipinski definition) is 1. The molecule has 2 aliphatic heterocycles. The molecule has 0 saturated carbocycles. The fourth-order valence-corrected chi connectivity index (χ4v) is 5.26. The second-order valence-electron chi connectivity index (χ2n) is 9.83. The molecule has 8 heteroatoms.